The summed E-state index contributed by atoms with van der Waals surface area (Å²) >= 11 is 5.50. The van der Waals surface area contributed by atoms with Crippen molar-refractivity contribution in [3.05, 3.63) is 32.6 Å². The van der Waals surface area contributed by atoms with E-state index in [-0.39, 0.29) is 11.2 Å². The monoisotopic (exact) mass is 202 g/mol. The van der Waals surface area contributed by atoms with Gasteiger partial charge in [0.15, 0.2) is 0 Å². The highest BCUT2D eigenvalue weighted by Crippen LogP contribution is 1.93. The second kappa shape index (κ2) is 4.28. The van der Waals surface area contributed by atoms with Gasteiger partial charge in [0.25, 0.3) is 5.56 Å². The lowest BCUT2D eigenvalue weighted by Crippen LogP contribution is -2.31. The summed E-state index contributed by atoms with van der Waals surface area (Å²) < 4.78 is 1.50. The number of nitrogens with one attached hydrogen (secondary N) is 1. The van der Waals surface area contributed by atoms with E-state index in [1.807, 2.05) is 0 Å². The summed E-state index contributed by atoms with van der Waals surface area (Å²) in [7, 11) is 0. The Bertz CT molecular complexity index is 394. The third kappa shape index (κ3) is 2.45. The van der Waals surface area contributed by atoms with Gasteiger partial charge in [0.1, 0.15) is 0 Å². The van der Waals surface area contributed by atoms with Gasteiger partial charge in [-0.1, -0.05) is 0 Å². The summed E-state index contributed by atoms with van der Waals surface area (Å²) in [5.74, 6) is 0.505. The number of hydrogen-bond donors (Lipinski definition) is 1. The number of hydrogen-bond acceptors (Lipinski definition) is 2. The topological polar surface area (TPSA) is 54.9 Å². The molecule has 0 spiro atoms. The summed E-state index contributed by atoms with van der Waals surface area (Å²) in [4.78, 5) is 24.3. The van der Waals surface area contributed by atoms with Gasteiger partial charge in [0.05, 0.1) is 0 Å². The van der Waals surface area contributed by atoms with Crippen LogP contribution in [0.5, 0.6) is 0 Å². The first kappa shape index (κ1) is 10.1. The molecule has 72 valence electrons. The van der Waals surface area contributed by atoms with Gasteiger partial charge in [-0.15, -0.1) is 11.6 Å². The van der Waals surface area contributed by atoms with Gasteiger partial charge in [-0.3, -0.25) is 14.3 Å². The third-order valence-electron chi connectivity index (χ3n) is 1.76. The quantitative estimate of drug-likeness (QED) is 0.725. The molecule has 0 unspecified atom stereocenters. The maximum absolute atomic E-state index is 11.2. The number of aryl methyl sites for hydroxylation is 1. The van der Waals surface area contributed by atoms with Crippen LogP contribution < -0.4 is 11.2 Å². The summed E-state index contributed by atoms with van der Waals surface area (Å²) in [5, 5.41) is 0. The second-order valence-electron chi connectivity index (χ2n) is 2.77. The summed E-state index contributed by atoms with van der Waals surface area (Å²) in [6.07, 6.45) is 0.717. The van der Waals surface area contributed by atoms with Crippen molar-refractivity contribution in [3.8, 4) is 0 Å². The molecule has 0 saturated carbocycles. The van der Waals surface area contributed by atoms with Crippen LogP contribution in [0.15, 0.2) is 15.7 Å². The van der Waals surface area contributed by atoms with Crippen LogP contribution in [-0.2, 0) is 6.54 Å². The average Bonchev–Trinajstić information content (AvgIpc) is 2.02. The fourth-order valence-corrected chi connectivity index (χ4v) is 1.25. The number of aromatic nitrogens is 2. The number of H-pyrrole nitrogens is 1. The molecule has 0 radical (unpaired) electrons. The van der Waals surface area contributed by atoms with E-state index in [9.17, 15) is 9.59 Å². The number of alkyl halides is 1. The molecule has 1 heterocycles. The van der Waals surface area contributed by atoms with E-state index in [1.165, 1.54) is 10.6 Å². The molecule has 0 atom stereocenters. The Kier molecular flexibility index (Phi) is 3.31. The van der Waals surface area contributed by atoms with Crippen molar-refractivity contribution in [1.82, 2.24) is 9.55 Å². The first-order chi connectivity index (χ1) is 6.15. The molecular weight excluding hydrogens is 192 g/mol. The number of nitrogens with zero attached hydrogens (tertiary/aromatic N) is 1. The Morgan fingerprint density at radius 2 is 2.23 bits per heavy atom. The van der Waals surface area contributed by atoms with Gasteiger partial charge in [0.2, 0.25) is 0 Å². The van der Waals surface area contributed by atoms with Gasteiger partial charge in [-0.25, -0.2) is 4.79 Å². The normalized spacial score (nSPS) is 10.3. The van der Waals surface area contributed by atoms with Crippen LogP contribution in [-0.4, -0.2) is 15.4 Å². The minimum atomic E-state index is -0.366. The first-order valence-electron chi connectivity index (χ1n) is 4.02. The first-order valence-corrected chi connectivity index (χ1v) is 4.55. The molecule has 1 rings (SSSR count). The molecule has 13 heavy (non-hydrogen) atoms. The molecule has 5 heteroatoms. The molecule has 0 fully saturated rings. The van der Waals surface area contributed by atoms with Crippen molar-refractivity contribution < 1.29 is 0 Å². The molecule has 0 aliphatic rings. The highest BCUT2D eigenvalue weighted by molar-refractivity contribution is 6.17. The third-order valence-corrected chi connectivity index (χ3v) is 2.02. The fourth-order valence-electron chi connectivity index (χ4n) is 1.13. The second-order valence-corrected chi connectivity index (χ2v) is 3.15. The molecule has 0 aromatic carbocycles. The van der Waals surface area contributed by atoms with Crippen LogP contribution in [0.2, 0.25) is 0 Å². The van der Waals surface area contributed by atoms with Crippen LogP contribution >= 0.6 is 11.6 Å². The average molecular weight is 203 g/mol. The Balaban J connectivity index is 3.07. The smallest absolute Gasteiger partial charge is 0.298 e. The van der Waals surface area contributed by atoms with Gasteiger partial charge in [-0.05, 0) is 13.3 Å². The van der Waals surface area contributed by atoms with Gasteiger partial charge < -0.3 is 0 Å². The van der Waals surface area contributed by atoms with E-state index < -0.39 is 0 Å². The lowest BCUT2D eigenvalue weighted by Gasteiger charge is -2.06. The maximum Gasteiger partial charge on any atom is 0.328 e. The minimum absolute atomic E-state index is 0.357. The Morgan fingerprint density at radius 3 is 2.77 bits per heavy atom. The summed E-state index contributed by atoms with van der Waals surface area (Å²) in [6.45, 7) is 2.27. The lowest BCUT2D eigenvalue weighted by atomic mass is 10.4. The SMILES string of the molecule is Cc1cc(=O)[nH]c(=O)n1CCCCl. The van der Waals surface area contributed by atoms with Crippen LogP contribution in [0.4, 0.5) is 0 Å². The van der Waals surface area contributed by atoms with Crippen LogP contribution in [0, 0.1) is 6.92 Å². The zero-order valence-electron chi connectivity index (χ0n) is 7.34. The molecular formula is C8H11ClN2O2. The molecule has 1 aromatic heterocycles. The van der Waals surface area contributed by atoms with E-state index in [2.05, 4.69) is 4.98 Å². The highest BCUT2D eigenvalue weighted by atomic mass is 35.5. The zero-order valence-corrected chi connectivity index (χ0v) is 8.10. The minimum Gasteiger partial charge on any atom is -0.298 e. The van der Waals surface area contributed by atoms with E-state index in [1.54, 1.807) is 6.92 Å². The highest BCUT2D eigenvalue weighted by Gasteiger charge is 2.00. The predicted octanol–water partition coefficient (Wildman–Crippen LogP) is 0.474. The summed E-state index contributed by atoms with van der Waals surface area (Å²) in [5.41, 5.74) is -0.0568. The molecule has 0 bridgehead atoms. The molecule has 0 aliphatic heterocycles. The molecule has 0 saturated heterocycles. The van der Waals surface area contributed by atoms with Gasteiger partial charge in [-0.2, -0.15) is 0 Å². The maximum atomic E-state index is 11.2. The van der Waals surface area contributed by atoms with Crippen molar-refractivity contribution in [2.45, 2.75) is 19.9 Å². The van der Waals surface area contributed by atoms with Crippen molar-refractivity contribution in [2.24, 2.45) is 0 Å². The molecule has 1 N–H and O–H groups in total. The lowest BCUT2D eigenvalue weighted by molar-refractivity contribution is 0.615. The molecule has 0 amide bonds. The van der Waals surface area contributed by atoms with E-state index in [4.69, 9.17) is 11.6 Å². The van der Waals surface area contributed by atoms with Crippen LogP contribution in [0.1, 0.15) is 12.1 Å². The van der Waals surface area contributed by atoms with Crippen LogP contribution in [0.25, 0.3) is 0 Å². The zero-order chi connectivity index (χ0) is 9.84. The van der Waals surface area contributed by atoms with Gasteiger partial charge >= 0.3 is 5.69 Å². The summed E-state index contributed by atoms with van der Waals surface area (Å²) in [6, 6.07) is 1.40. The predicted molar refractivity (Wildman–Crippen MR) is 51.4 cm³/mol. The standard InChI is InChI=1S/C8H11ClN2O2/c1-6-5-7(12)10-8(13)11(6)4-2-3-9/h5H,2-4H2,1H3,(H,10,12,13). The molecule has 0 aliphatic carbocycles. The Labute approximate surface area is 80.2 Å². The van der Waals surface area contributed by atoms with E-state index >= 15 is 0 Å². The van der Waals surface area contributed by atoms with Crippen molar-refractivity contribution >= 4 is 11.6 Å². The Hall–Kier alpha value is -1.03. The van der Waals surface area contributed by atoms with Crippen molar-refractivity contribution in [1.29, 1.82) is 0 Å². The van der Waals surface area contributed by atoms with E-state index in [0.717, 1.165) is 0 Å². The van der Waals surface area contributed by atoms with Gasteiger partial charge in [0, 0.05) is 24.2 Å². The number of rotatable bonds is 3. The van der Waals surface area contributed by atoms with E-state index in [0.29, 0.717) is 24.5 Å². The molecule has 4 nitrogen and oxygen atoms in total. The largest absolute Gasteiger partial charge is 0.328 e. The fraction of sp³-hybridized carbons (Fsp3) is 0.500. The van der Waals surface area contributed by atoms with Crippen molar-refractivity contribution in [3.63, 3.8) is 0 Å². The van der Waals surface area contributed by atoms with Crippen molar-refractivity contribution in [2.75, 3.05) is 5.88 Å². The Morgan fingerprint density at radius 1 is 1.54 bits per heavy atom. The van der Waals surface area contributed by atoms with Crippen LogP contribution in [0.3, 0.4) is 0 Å². The number of aromatic amines is 1. The molecule has 1 aromatic rings. The number of halogens is 1.